The minimum atomic E-state index is -0.315. The highest BCUT2D eigenvalue weighted by atomic mass is 16.5. The van der Waals surface area contributed by atoms with E-state index < -0.39 is 0 Å². The number of rotatable bonds is 3. The van der Waals surface area contributed by atoms with Crippen molar-refractivity contribution < 1.29 is 19.4 Å². The molecule has 0 radical (unpaired) electrons. The van der Waals surface area contributed by atoms with Crippen molar-refractivity contribution in [3.05, 3.63) is 70.4 Å². The summed E-state index contributed by atoms with van der Waals surface area (Å²) in [6.45, 7) is 2.04. The molecule has 1 aliphatic heterocycles. The fourth-order valence-electron chi connectivity index (χ4n) is 4.23. The molecule has 0 saturated heterocycles. The molecule has 0 fully saturated rings. The van der Waals surface area contributed by atoms with Gasteiger partial charge in [0.2, 0.25) is 5.91 Å². The molecule has 2 aromatic rings. The van der Waals surface area contributed by atoms with Crippen LogP contribution in [0.15, 0.2) is 53.7 Å². The van der Waals surface area contributed by atoms with Crippen molar-refractivity contribution in [2.75, 3.05) is 7.11 Å². The Balaban J connectivity index is 1.71. The highest BCUT2D eigenvalue weighted by Crippen LogP contribution is 2.43. The molecule has 1 heterocycles. The minimum absolute atomic E-state index is 0.0371. The average Bonchev–Trinajstić information content (AvgIpc) is 2.68. The third-order valence-corrected chi connectivity index (χ3v) is 5.69. The van der Waals surface area contributed by atoms with Crippen molar-refractivity contribution in [3.63, 3.8) is 0 Å². The number of allylic oxidation sites excluding steroid dienone is 2. The monoisotopic (exact) mass is 377 g/mol. The Bertz CT molecular complexity index is 975. The normalized spacial score (nSPS) is 21.9. The van der Waals surface area contributed by atoms with Crippen molar-refractivity contribution in [3.8, 4) is 11.5 Å². The summed E-state index contributed by atoms with van der Waals surface area (Å²) in [5.41, 5.74) is 4.52. The van der Waals surface area contributed by atoms with Crippen LogP contribution in [0.25, 0.3) is 0 Å². The molecule has 0 saturated carbocycles. The number of phenolic OH excluding ortho intramolecular Hbond substituents is 1. The van der Waals surface area contributed by atoms with Crippen molar-refractivity contribution in [1.82, 2.24) is 5.32 Å². The predicted octanol–water partition coefficient (Wildman–Crippen LogP) is 3.71. The second kappa shape index (κ2) is 7.15. The Morgan fingerprint density at radius 2 is 1.71 bits per heavy atom. The topological polar surface area (TPSA) is 75.6 Å². The van der Waals surface area contributed by atoms with Gasteiger partial charge in [0, 0.05) is 30.0 Å². The van der Waals surface area contributed by atoms with Crippen molar-refractivity contribution >= 4 is 11.7 Å². The van der Waals surface area contributed by atoms with Gasteiger partial charge >= 0.3 is 0 Å². The van der Waals surface area contributed by atoms with E-state index in [9.17, 15) is 14.7 Å². The third-order valence-electron chi connectivity index (χ3n) is 5.69. The van der Waals surface area contributed by atoms with E-state index in [1.165, 1.54) is 12.7 Å². The summed E-state index contributed by atoms with van der Waals surface area (Å²) in [5.74, 6) is 0.114. The molecule has 2 N–H and O–H groups in total. The number of hydrogen-bond donors (Lipinski definition) is 2. The fraction of sp³-hybridized carbons (Fsp3) is 0.304. The van der Waals surface area contributed by atoms with E-state index >= 15 is 0 Å². The van der Waals surface area contributed by atoms with E-state index in [-0.39, 0.29) is 35.7 Å². The quantitative estimate of drug-likeness (QED) is 0.855. The maximum absolute atomic E-state index is 13.1. The number of methoxy groups -OCH3 is 1. The maximum atomic E-state index is 13.1. The molecule has 144 valence electrons. The summed E-state index contributed by atoms with van der Waals surface area (Å²) in [7, 11) is 1.48. The van der Waals surface area contributed by atoms with Gasteiger partial charge in [-0.3, -0.25) is 9.59 Å². The molecule has 2 aliphatic rings. The molecule has 2 atom stereocenters. The average molecular weight is 377 g/mol. The summed E-state index contributed by atoms with van der Waals surface area (Å²) in [6.07, 6.45) is 1.29. The van der Waals surface area contributed by atoms with Gasteiger partial charge < -0.3 is 15.2 Å². The number of hydrogen-bond acceptors (Lipinski definition) is 4. The van der Waals surface area contributed by atoms with Crippen LogP contribution in [-0.2, 0) is 9.59 Å². The van der Waals surface area contributed by atoms with Crippen LogP contribution < -0.4 is 10.1 Å². The molecule has 4 rings (SSSR count). The second-order valence-corrected chi connectivity index (χ2v) is 7.57. The molecule has 0 bridgehead atoms. The Morgan fingerprint density at radius 3 is 2.43 bits per heavy atom. The predicted molar refractivity (Wildman–Crippen MR) is 105 cm³/mol. The molecule has 2 aromatic carbocycles. The number of benzene rings is 2. The summed E-state index contributed by atoms with van der Waals surface area (Å²) in [5, 5.41) is 12.8. The second-order valence-electron chi connectivity index (χ2n) is 7.57. The lowest BCUT2D eigenvalue weighted by molar-refractivity contribution is -0.122. The van der Waals surface area contributed by atoms with Crippen LogP contribution in [0.3, 0.4) is 0 Å². The number of aromatic hydroxyl groups is 1. The van der Waals surface area contributed by atoms with Crippen LogP contribution >= 0.6 is 0 Å². The largest absolute Gasteiger partial charge is 0.504 e. The Hall–Kier alpha value is -3.08. The molecular weight excluding hydrogens is 354 g/mol. The van der Waals surface area contributed by atoms with Gasteiger partial charge in [-0.1, -0.05) is 35.9 Å². The zero-order valence-corrected chi connectivity index (χ0v) is 16.0. The number of ether oxygens (including phenoxy) is 1. The van der Waals surface area contributed by atoms with Gasteiger partial charge in [-0.25, -0.2) is 0 Å². The van der Waals surface area contributed by atoms with Gasteiger partial charge in [0.25, 0.3) is 0 Å². The summed E-state index contributed by atoms with van der Waals surface area (Å²) >= 11 is 0. The maximum Gasteiger partial charge on any atom is 0.225 e. The number of phenols is 1. The Kier molecular flexibility index (Phi) is 4.67. The highest BCUT2D eigenvalue weighted by Gasteiger charge is 2.38. The molecule has 0 spiro atoms. The van der Waals surface area contributed by atoms with Crippen molar-refractivity contribution in [2.24, 2.45) is 0 Å². The van der Waals surface area contributed by atoms with E-state index in [2.05, 4.69) is 29.6 Å². The minimum Gasteiger partial charge on any atom is -0.504 e. The first-order valence-corrected chi connectivity index (χ1v) is 9.46. The fourth-order valence-corrected chi connectivity index (χ4v) is 4.23. The number of Topliss-reactive ketones (excluding diaryl/α,β-unsaturated/α-hetero) is 1. The highest BCUT2D eigenvalue weighted by molar-refractivity contribution is 6.02. The van der Waals surface area contributed by atoms with E-state index in [4.69, 9.17) is 4.74 Å². The molecule has 5 heteroatoms. The molecular formula is C23H23NO4. The van der Waals surface area contributed by atoms with Gasteiger partial charge in [0.1, 0.15) is 0 Å². The van der Waals surface area contributed by atoms with Crippen LogP contribution in [0.5, 0.6) is 11.5 Å². The number of amides is 1. The third kappa shape index (κ3) is 3.28. The van der Waals surface area contributed by atoms with Crippen LogP contribution in [0.4, 0.5) is 0 Å². The Morgan fingerprint density at radius 1 is 1.00 bits per heavy atom. The molecule has 5 nitrogen and oxygen atoms in total. The number of ketones is 1. The molecule has 28 heavy (non-hydrogen) atoms. The zero-order chi connectivity index (χ0) is 19.8. The van der Waals surface area contributed by atoms with Crippen LogP contribution in [0.1, 0.15) is 47.8 Å². The standard InChI is InChI=1S/C23H23NO4/c1-13-3-5-14(6-4-13)16-9-18-23(20(26)10-16)17(12-22(27)24-18)15-7-8-19(25)21(11-15)28-2/h3-8,11,16-17,25H,9-10,12H2,1-2H3,(H,24,27)/t16-,17+/m1/s1. The SMILES string of the molecule is COc1cc([C@@H]2CC(=O)NC3=C2C(=O)C[C@H](c2ccc(C)cc2)C3)ccc1O. The summed E-state index contributed by atoms with van der Waals surface area (Å²) in [4.78, 5) is 25.5. The first-order valence-electron chi connectivity index (χ1n) is 9.46. The lowest BCUT2D eigenvalue weighted by atomic mass is 9.73. The molecule has 0 aromatic heterocycles. The molecule has 1 amide bonds. The molecule has 1 aliphatic carbocycles. The number of carbonyl (C=O) groups is 2. The summed E-state index contributed by atoms with van der Waals surface area (Å²) in [6, 6.07) is 13.2. The van der Waals surface area contributed by atoms with Gasteiger partial charge in [-0.05, 0) is 42.5 Å². The first kappa shape index (κ1) is 18.3. The van der Waals surface area contributed by atoms with Gasteiger partial charge in [-0.15, -0.1) is 0 Å². The molecule has 0 unspecified atom stereocenters. The van der Waals surface area contributed by atoms with Crippen LogP contribution in [0.2, 0.25) is 0 Å². The van der Waals surface area contributed by atoms with Gasteiger partial charge in [0.05, 0.1) is 7.11 Å². The summed E-state index contributed by atoms with van der Waals surface area (Å²) < 4.78 is 5.20. The van der Waals surface area contributed by atoms with Crippen molar-refractivity contribution in [2.45, 2.75) is 38.0 Å². The van der Waals surface area contributed by atoms with Crippen molar-refractivity contribution in [1.29, 1.82) is 0 Å². The number of aryl methyl sites for hydroxylation is 1. The lowest BCUT2D eigenvalue weighted by Crippen LogP contribution is -2.38. The lowest BCUT2D eigenvalue weighted by Gasteiger charge is -2.34. The van der Waals surface area contributed by atoms with Crippen LogP contribution in [0, 0.1) is 6.92 Å². The first-order chi connectivity index (χ1) is 13.5. The van der Waals surface area contributed by atoms with E-state index in [1.807, 2.05) is 6.92 Å². The van der Waals surface area contributed by atoms with Crippen LogP contribution in [-0.4, -0.2) is 23.9 Å². The van der Waals surface area contributed by atoms with E-state index in [1.54, 1.807) is 18.2 Å². The van der Waals surface area contributed by atoms with Gasteiger partial charge in [0.15, 0.2) is 17.3 Å². The van der Waals surface area contributed by atoms with Gasteiger partial charge in [-0.2, -0.15) is 0 Å². The van der Waals surface area contributed by atoms with E-state index in [0.29, 0.717) is 24.2 Å². The zero-order valence-electron chi connectivity index (χ0n) is 16.0. The smallest absolute Gasteiger partial charge is 0.225 e. The van der Waals surface area contributed by atoms with E-state index in [0.717, 1.165) is 16.8 Å². The number of carbonyl (C=O) groups excluding carboxylic acids is 2. The Labute approximate surface area is 164 Å². The number of nitrogens with one attached hydrogen (secondary N) is 1.